The molecule has 0 saturated carbocycles. The third-order valence-electron chi connectivity index (χ3n) is 2.01. The molecule has 4 nitrogen and oxygen atoms in total. The first-order valence-corrected chi connectivity index (χ1v) is 5.49. The molecule has 6 heteroatoms. The van der Waals surface area contributed by atoms with Crippen molar-refractivity contribution in [1.82, 2.24) is 8.75 Å². The standard InChI is InChI=1S/C10H7ClN2O2S/c1-15-9-4-6(2-3-7(9)11)10(14)8-5-12-16-13-8/h2-5H,1H3. The zero-order valence-corrected chi connectivity index (χ0v) is 9.88. The summed E-state index contributed by atoms with van der Waals surface area (Å²) in [5, 5.41) is 0.468. The van der Waals surface area contributed by atoms with Gasteiger partial charge in [-0.1, -0.05) is 11.6 Å². The molecular formula is C10H7ClN2O2S. The van der Waals surface area contributed by atoms with Crippen LogP contribution in [0.2, 0.25) is 5.02 Å². The Morgan fingerprint density at radius 2 is 2.31 bits per heavy atom. The van der Waals surface area contributed by atoms with Crippen molar-refractivity contribution in [2.24, 2.45) is 0 Å². The minimum absolute atomic E-state index is 0.191. The maximum atomic E-state index is 11.9. The van der Waals surface area contributed by atoms with Gasteiger partial charge in [0.25, 0.3) is 0 Å². The highest BCUT2D eigenvalue weighted by molar-refractivity contribution is 6.99. The van der Waals surface area contributed by atoms with Gasteiger partial charge >= 0.3 is 0 Å². The van der Waals surface area contributed by atoms with Crippen molar-refractivity contribution in [3.8, 4) is 5.75 Å². The lowest BCUT2D eigenvalue weighted by atomic mass is 10.1. The van der Waals surface area contributed by atoms with Crippen molar-refractivity contribution in [3.63, 3.8) is 0 Å². The summed E-state index contributed by atoms with van der Waals surface area (Å²) in [6.45, 7) is 0. The summed E-state index contributed by atoms with van der Waals surface area (Å²) in [5.41, 5.74) is 0.809. The largest absolute Gasteiger partial charge is 0.495 e. The molecule has 0 aliphatic heterocycles. The van der Waals surface area contributed by atoms with Crippen molar-refractivity contribution in [1.29, 1.82) is 0 Å². The van der Waals surface area contributed by atoms with Crippen LogP contribution in [0.4, 0.5) is 0 Å². The van der Waals surface area contributed by atoms with E-state index in [9.17, 15) is 4.79 Å². The number of ether oxygens (including phenoxy) is 1. The molecule has 0 N–H and O–H groups in total. The fourth-order valence-corrected chi connectivity index (χ4v) is 1.82. The van der Waals surface area contributed by atoms with E-state index in [4.69, 9.17) is 16.3 Å². The number of nitrogens with zero attached hydrogens (tertiary/aromatic N) is 2. The fourth-order valence-electron chi connectivity index (χ4n) is 1.21. The molecule has 0 radical (unpaired) electrons. The summed E-state index contributed by atoms with van der Waals surface area (Å²) in [6, 6.07) is 4.84. The minimum Gasteiger partial charge on any atom is -0.495 e. The highest BCUT2D eigenvalue weighted by Crippen LogP contribution is 2.25. The molecule has 0 bridgehead atoms. The smallest absolute Gasteiger partial charge is 0.214 e. The van der Waals surface area contributed by atoms with E-state index in [1.807, 2.05) is 0 Å². The van der Waals surface area contributed by atoms with E-state index in [0.29, 0.717) is 22.0 Å². The van der Waals surface area contributed by atoms with E-state index in [1.165, 1.54) is 13.3 Å². The summed E-state index contributed by atoms with van der Waals surface area (Å²) >= 11 is 6.86. The predicted octanol–water partition coefficient (Wildman–Crippen LogP) is 2.43. The summed E-state index contributed by atoms with van der Waals surface area (Å²) in [7, 11) is 1.50. The number of benzene rings is 1. The molecule has 0 amide bonds. The van der Waals surface area contributed by atoms with Crippen LogP contribution in [0.25, 0.3) is 0 Å². The van der Waals surface area contributed by atoms with Crippen LogP contribution in [0.15, 0.2) is 24.4 Å². The second-order valence-corrected chi connectivity index (χ2v) is 3.94. The summed E-state index contributed by atoms with van der Waals surface area (Å²) in [5.74, 6) is 0.277. The van der Waals surface area contributed by atoms with Crippen LogP contribution in [0, 0.1) is 0 Å². The molecule has 0 atom stereocenters. The van der Waals surface area contributed by atoms with Gasteiger partial charge in [-0.2, -0.15) is 8.75 Å². The highest BCUT2D eigenvalue weighted by atomic mass is 35.5. The molecule has 0 spiro atoms. The number of rotatable bonds is 3. The Morgan fingerprint density at radius 3 is 2.94 bits per heavy atom. The van der Waals surface area contributed by atoms with Gasteiger partial charge in [-0.25, -0.2) is 0 Å². The number of hydrogen-bond acceptors (Lipinski definition) is 5. The maximum absolute atomic E-state index is 11.9. The molecule has 2 aromatic rings. The number of aromatic nitrogens is 2. The molecule has 2 rings (SSSR count). The normalized spacial score (nSPS) is 10.1. The molecule has 1 heterocycles. The number of ketones is 1. The van der Waals surface area contributed by atoms with Crippen LogP contribution >= 0.6 is 23.3 Å². The topological polar surface area (TPSA) is 52.1 Å². The quantitative estimate of drug-likeness (QED) is 0.790. The van der Waals surface area contributed by atoms with E-state index in [1.54, 1.807) is 18.2 Å². The van der Waals surface area contributed by atoms with E-state index < -0.39 is 0 Å². The number of halogens is 1. The van der Waals surface area contributed by atoms with Crippen LogP contribution in [-0.2, 0) is 0 Å². The Balaban J connectivity index is 2.38. The number of carbonyl (C=O) groups is 1. The average molecular weight is 255 g/mol. The zero-order chi connectivity index (χ0) is 11.5. The first kappa shape index (κ1) is 11.0. The van der Waals surface area contributed by atoms with Crippen molar-refractivity contribution in [2.45, 2.75) is 0 Å². The molecule has 0 saturated heterocycles. The van der Waals surface area contributed by atoms with Gasteiger partial charge in [-0.05, 0) is 18.2 Å². The molecule has 1 aromatic heterocycles. The van der Waals surface area contributed by atoms with Crippen molar-refractivity contribution in [3.05, 3.63) is 40.7 Å². The lowest BCUT2D eigenvalue weighted by Gasteiger charge is -2.04. The molecule has 0 unspecified atom stereocenters. The van der Waals surface area contributed by atoms with Gasteiger partial charge in [0.2, 0.25) is 5.78 Å². The lowest BCUT2D eigenvalue weighted by Crippen LogP contribution is -2.01. The molecule has 0 aliphatic rings. The Bertz CT molecular complexity index is 514. The fraction of sp³-hybridized carbons (Fsp3) is 0.100. The van der Waals surface area contributed by atoms with Gasteiger partial charge < -0.3 is 4.74 Å². The number of carbonyl (C=O) groups excluding carboxylic acids is 1. The Kier molecular flexibility index (Phi) is 3.17. The summed E-state index contributed by atoms with van der Waals surface area (Å²) in [6.07, 6.45) is 1.44. The summed E-state index contributed by atoms with van der Waals surface area (Å²) < 4.78 is 12.7. The summed E-state index contributed by atoms with van der Waals surface area (Å²) in [4.78, 5) is 11.9. The van der Waals surface area contributed by atoms with Gasteiger partial charge in [-0.15, -0.1) is 0 Å². The van der Waals surface area contributed by atoms with Crippen LogP contribution < -0.4 is 4.74 Å². The van der Waals surface area contributed by atoms with E-state index >= 15 is 0 Å². The zero-order valence-electron chi connectivity index (χ0n) is 8.31. The molecule has 82 valence electrons. The van der Waals surface area contributed by atoms with Gasteiger partial charge in [0.1, 0.15) is 11.4 Å². The SMILES string of the molecule is COc1cc(C(=O)c2cnsn2)ccc1Cl. The third kappa shape index (κ3) is 2.05. The van der Waals surface area contributed by atoms with Gasteiger partial charge in [0, 0.05) is 5.56 Å². The molecule has 0 fully saturated rings. The van der Waals surface area contributed by atoms with Crippen LogP contribution in [0.5, 0.6) is 5.75 Å². The third-order valence-corrected chi connectivity index (χ3v) is 2.80. The number of hydrogen-bond donors (Lipinski definition) is 0. The predicted molar refractivity (Wildman–Crippen MR) is 61.3 cm³/mol. The van der Waals surface area contributed by atoms with E-state index in [2.05, 4.69) is 8.75 Å². The van der Waals surface area contributed by atoms with Crippen molar-refractivity contribution < 1.29 is 9.53 Å². The Labute approximate surface area is 101 Å². The van der Waals surface area contributed by atoms with Gasteiger partial charge in [0.15, 0.2) is 0 Å². The van der Waals surface area contributed by atoms with Crippen LogP contribution in [0.1, 0.15) is 16.1 Å². The van der Waals surface area contributed by atoms with Gasteiger partial charge in [0.05, 0.1) is 30.1 Å². The van der Waals surface area contributed by atoms with Crippen molar-refractivity contribution >= 4 is 29.1 Å². The second-order valence-electron chi connectivity index (χ2n) is 2.97. The first-order valence-electron chi connectivity index (χ1n) is 4.38. The molecule has 1 aromatic carbocycles. The minimum atomic E-state index is -0.191. The van der Waals surface area contributed by atoms with Crippen molar-refractivity contribution in [2.75, 3.05) is 7.11 Å². The maximum Gasteiger partial charge on any atom is 0.214 e. The number of methoxy groups -OCH3 is 1. The first-order chi connectivity index (χ1) is 7.72. The molecular weight excluding hydrogens is 248 g/mol. The van der Waals surface area contributed by atoms with Gasteiger partial charge in [-0.3, -0.25) is 4.79 Å². The lowest BCUT2D eigenvalue weighted by molar-refractivity contribution is 0.103. The highest BCUT2D eigenvalue weighted by Gasteiger charge is 2.13. The molecule has 16 heavy (non-hydrogen) atoms. The monoisotopic (exact) mass is 254 g/mol. The van der Waals surface area contributed by atoms with Crippen LogP contribution in [0.3, 0.4) is 0 Å². The second kappa shape index (κ2) is 4.59. The van der Waals surface area contributed by atoms with E-state index in [0.717, 1.165) is 11.7 Å². The average Bonchev–Trinajstić information content (AvgIpc) is 2.82. The Hall–Kier alpha value is -1.46. The van der Waals surface area contributed by atoms with Crippen LogP contribution in [-0.4, -0.2) is 21.6 Å². The molecule has 0 aliphatic carbocycles. The van der Waals surface area contributed by atoms with E-state index in [-0.39, 0.29) is 5.78 Å². The Morgan fingerprint density at radius 1 is 1.50 bits per heavy atom.